The van der Waals surface area contributed by atoms with Gasteiger partial charge in [-0.05, 0) is 56.3 Å². The summed E-state index contributed by atoms with van der Waals surface area (Å²) in [5.74, 6) is 0.713. The standard InChI is InChI=1S/C20H25N7O4/c1-21-18(28)16-14(9-25(2)23-16)22-19(29)17-15(27(30)31)10-26(24-17)20-6-11-3-12(7-20)5-13(4-11)8-20/h9-13H,3-8H2,1-2H3,(H,21,28)(H,22,29). The molecule has 2 amide bonds. The summed E-state index contributed by atoms with van der Waals surface area (Å²) in [5.41, 5.74) is -0.599. The van der Waals surface area contributed by atoms with Gasteiger partial charge in [-0.25, -0.2) is 0 Å². The molecule has 0 aromatic carbocycles. The first-order valence-corrected chi connectivity index (χ1v) is 10.6. The van der Waals surface area contributed by atoms with Crippen molar-refractivity contribution >= 4 is 23.2 Å². The Morgan fingerprint density at radius 2 is 1.68 bits per heavy atom. The summed E-state index contributed by atoms with van der Waals surface area (Å²) >= 11 is 0. The molecule has 0 aliphatic heterocycles. The van der Waals surface area contributed by atoms with E-state index in [4.69, 9.17) is 0 Å². The molecule has 0 atom stereocenters. The zero-order valence-electron chi connectivity index (χ0n) is 17.5. The third-order valence-electron chi connectivity index (χ3n) is 7.12. The molecule has 2 N–H and O–H groups in total. The maximum atomic E-state index is 13.0. The number of carbonyl (C=O) groups is 2. The van der Waals surface area contributed by atoms with E-state index >= 15 is 0 Å². The SMILES string of the molecule is CNC(=O)c1nn(C)cc1NC(=O)c1nn(C23CC4CC(CC(C4)C2)C3)cc1[N+](=O)[O-]. The molecule has 0 saturated heterocycles. The van der Waals surface area contributed by atoms with Crippen LogP contribution in [-0.4, -0.2) is 43.3 Å². The second kappa shape index (κ2) is 6.89. The second-order valence-corrected chi connectivity index (χ2v) is 9.30. The average Bonchev–Trinajstić information content (AvgIpc) is 3.31. The molecule has 4 saturated carbocycles. The number of rotatable bonds is 5. The monoisotopic (exact) mass is 427 g/mol. The van der Waals surface area contributed by atoms with Gasteiger partial charge < -0.3 is 10.6 Å². The summed E-state index contributed by atoms with van der Waals surface area (Å²) in [4.78, 5) is 36.2. The lowest BCUT2D eigenvalue weighted by Gasteiger charge is -2.56. The molecule has 11 heteroatoms. The Balaban J connectivity index is 1.48. The number of hydrogen-bond donors (Lipinski definition) is 2. The Hall–Kier alpha value is -3.24. The van der Waals surface area contributed by atoms with Crippen molar-refractivity contribution in [1.29, 1.82) is 0 Å². The van der Waals surface area contributed by atoms with E-state index in [1.54, 1.807) is 11.7 Å². The van der Waals surface area contributed by atoms with Gasteiger partial charge in [-0.1, -0.05) is 0 Å². The molecule has 2 aromatic rings. The average molecular weight is 427 g/mol. The van der Waals surface area contributed by atoms with Gasteiger partial charge >= 0.3 is 5.69 Å². The highest BCUT2D eigenvalue weighted by Gasteiger charge is 2.53. The number of nitrogens with zero attached hydrogens (tertiary/aromatic N) is 5. The zero-order chi connectivity index (χ0) is 21.9. The van der Waals surface area contributed by atoms with Crippen LogP contribution in [0.1, 0.15) is 59.5 Å². The highest BCUT2D eigenvalue weighted by atomic mass is 16.6. The molecule has 0 radical (unpaired) electrons. The van der Waals surface area contributed by atoms with E-state index < -0.39 is 16.7 Å². The summed E-state index contributed by atoms with van der Waals surface area (Å²) in [7, 11) is 3.08. The Morgan fingerprint density at radius 3 is 2.23 bits per heavy atom. The van der Waals surface area contributed by atoms with Crippen LogP contribution < -0.4 is 10.6 Å². The Labute approximate surface area is 178 Å². The van der Waals surface area contributed by atoms with Gasteiger partial charge in [-0.15, -0.1) is 0 Å². The van der Waals surface area contributed by atoms with Crippen molar-refractivity contribution in [3.05, 3.63) is 33.9 Å². The van der Waals surface area contributed by atoms with E-state index in [0.29, 0.717) is 17.8 Å². The van der Waals surface area contributed by atoms with Crippen LogP contribution in [0, 0.1) is 27.9 Å². The van der Waals surface area contributed by atoms with Crippen LogP contribution in [-0.2, 0) is 12.6 Å². The predicted octanol–water partition coefficient (Wildman–Crippen LogP) is 2.06. The summed E-state index contributed by atoms with van der Waals surface area (Å²) in [6.45, 7) is 0. The highest BCUT2D eigenvalue weighted by molar-refractivity contribution is 6.09. The molecular weight excluding hydrogens is 402 g/mol. The van der Waals surface area contributed by atoms with Crippen molar-refractivity contribution in [3.63, 3.8) is 0 Å². The topological polar surface area (TPSA) is 137 Å². The number of carbonyl (C=O) groups excluding carboxylic acids is 2. The third kappa shape index (κ3) is 3.19. The maximum absolute atomic E-state index is 13.0. The number of nitro groups is 1. The van der Waals surface area contributed by atoms with Gasteiger partial charge in [0.2, 0.25) is 5.69 Å². The highest BCUT2D eigenvalue weighted by Crippen LogP contribution is 2.58. The lowest BCUT2D eigenvalue weighted by molar-refractivity contribution is -0.385. The van der Waals surface area contributed by atoms with E-state index in [-0.39, 0.29) is 28.3 Å². The van der Waals surface area contributed by atoms with Gasteiger partial charge in [0, 0.05) is 20.3 Å². The lowest BCUT2D eigenvalue weighted by atomic mass is 9.53. The van der Waals surface area contributed by atoms with Crippen molar-refractivity contribution in [1.82, 2.24) is 24.9 Å². The largest absolute Gasteiger partial charge is 0.354 e. The first-order chi connectivity index (χ1) is 14.8. The maximum Gasteiger partial charge on any atom is 0.320 e. The molecule has 31 heavy (non-hydrogen) atoms. The molecule has 2 heterocycles. The molecule has 4 bridgehead atoms. The number of amides is 2. The Morgan fingerprint density at radius 1 is 1.06 bits per heavy atom. The molecule has 4 aliphatic rings. The summed E-state index contributed by atoms with van der Waals surface area (Å²) in [6, 6.07) is 0. The third-order valence-corrected chi connectivity index (χ3v) is 7.12. The first-order valence-electron chi connectivity index (χ1n) is 10.6. The summed E-state index contributed by atoms with van der Waals surface area (Å²) in [5, 5.41) is 25.3. The molecule has 0 unspecified atom stereocenters. The van der Waals surface area contributed by atoms with Gasteiger partial charge in [0.05, 0.1) is 16.1 Å². The number of hydrogen-bond acceptors (Lipinski definition) is 6. The van der Waals surface area contributed by atoms with Gasteiger partial charge in [0.25, 0.3) is 11.8 Å². The van der Waals surface area contributed by atoms with Crippen molar-refractivity contribution in [3.8, 4) is 0 Å². The smallest absolute Gasteiger partial charge is 0.320 e. The summed E-state index contributed by atoms with van der Waals surface area (Å²) < 4.78 is 3.09. The number of anilines is 1. The molecule has 11 nitrogen and oxygen atoms in total. The van der Waals surface area contributed by atoms with E-state index in [1.807, 2.05) is 0 Å². The Kier molecular flexibility index (Phi) is 4.38. The fourth-order valence-corrected chi connectivity index (χ4v) is 6.30. The minimum atomic E-state index is -0.728. The normalized spacial score (nSPS) is 28.5. The lowest BCUT2D eigenvalue weighted by Crippen LogP contribution is -2.52. The van der Waals surface area contributed by atoms with Crippen LogP contribution in [0.25, 0.3) is 0 Å². The molecular formula is C20H25N7O4. The van der Waals surface area contributed by atoms with E-state index in [0.717, 1.165) is 19.3 Å². The predicted molar refractivity (Wildman–Crippen MR) is 110 cm³/mol. The van der Waals surface area contributed by atoms with Crippen LogP contribution in [0.15, 0.2) is 12.4 Å². The second-order valence-electron chi connectivity index (χ2n) is 9.30. The molecule has 4 fully saturated rings. The number of aryl methyl sites for hydroxylation is 1. The van der Waals surface area contributed by atoms with Gasteiger partial charge in [-0.3, -0.25) is 29.1 Å². The number of nitrogens with one attached hydrogen (secondary N) is 2. The molecule has 6 rings (SSSR count). The molecule has 2 aromatic heterocycles. The minimum absolute atomic E-state index is 0.0292. The summed E-state index contributed by atoms with van der Waals surface area (Å²) in [6.07, 6.45) is 9.49. The zero-order valence-corrected chi connectivity index (χ0v) is 17.5. The van der Waals surface area contributed by atoms with Crippen LogP contribution in [0.2, 0.25) is 0 Å². The van der Waals surface area contributed by atoms with Gasteiger partial charge in [0.15, 0.2) is 5.69 Å². The fourth-order valence-electron chi connectivity index (χ4n) is 6.30. The Bertz CT molecular complexity index is 1050. The van der Waals surface area contributed by atoms with Crippen molar-refractivity contribution in [2.75, 3.05) is 12.4 Å². The molecule has 4 aliphatic carbocycles. The van der Waals surface area contributed by atoms with Gasteiger partial charge in [0.1, 0.15) is 6.20 Å². The van der Waals surface area contributed by atoms with Crippen LogP contribution in [0.3, 0.4) is 0 Å². The van der Waals surface area contributed by atoms with Crippen molar-refractivity contribution in [2.45, 2.75) is 44.1 Å². The quantitative estimate of drug-likeness (QED) is 0.553. The minimum Gasteiger partial charge on any atom is -0.354 e. The van der Waals surface area contributed by atoms with E-state index in [2.05, 4.69) is 20.8 Å². The van der Waals surface area contributed by atoms with E-state index in [1.165, 1.54) is 43.4 Å². The van der Waals surface area contributed by atoms with Crippen molar-refractivity contribution in [2.24, 2.45) is 24.8 Å². The van der Waals surface area contributed by atoms with Crippen molar-refractivity contribution < 1.29 is 14.5 Å². The van der Waals surface area contributed by atoms with Crippen LogP contribution >= 0.6 is 0 Å². The first kappa shape index (κ1) is 19.7. The molecule has 164 valence electrons. The van der Waals surface area contributed by atoms with Crippen LogP contribution in [0.4, 0.5) is 11.4 Å². The fraction of sp³-hybridized carbons (Fsp3) is 0.600. The van der Waals surface area contributed by atoms with E-state index in [9.17, 15) is 19.7 Å². The van der Waals surface area contributed by atoms with Crippen LogP contribution in [0.5, 0.6) is 0 Å². The van der Waals surface area contributed by atoms with Gasteiger partial charge in [-0.2, -0.15) is 10.2 Å². The molecule has 0 spiro atoms. The number of aromatic nitrogens is 4.